The van der Waals surface area contributed by atoms with E-state index >= 15 is 0 Å². The summed E-state index contributed by atoms with van der Waals surface area (Å²) in [6.45, 7) is 5.00. The van der Waals surface area contributed by atoms with Crippen molar-refractivity contribution in [3.63, 3.8) is 0 Å². The van der Waals surface area contributed by atoms with Crippen LogP contribution in [-0.4, -0.2) is 36.6 Å². The number of fused-ring (bicyclic) bond motifs is 4. The highest BCUT2D eigenvalue weighted by atomic mass is 32.2. The van der Waals surface area contributed by atoms with Crippen molar-refractivity contribution >= 4 is 26.9 Å². The molecule has 0 radical (unpaired) electrons. The molecule has 1 aliphatic heterocycles. The van der Waals surface area contributed by atoms with Crippen LogP contribution in [0.25, 0.3) is 10.9 Å². The predicted octanol–water partition coefficient (Wildman–Crippen LogP) is 3.29. The Morgan fingerprint density at radius 3 is 2.53 bits per heavy atom. The van der Waals surface area contributed by atoms with Crippen molar-refractivity contribution in [1.29, 1.82) is 5.26 Å². The smallest absolute Gasteiger partial charge is 0.276 e. The minimum atomic E-state index is -3.66. The molecule has 0 unspecified atom stereocenters. The molecule has 1 aromatic heterocycles. The molecule has 8 heteroatoms. The first-order valence-electron chi connectivity index (χ1n) is 10.6. The fourth-order valence-electron chi connectivity index (χ4n) is 5.22. The first-order valence-corrected chi connectivity index (χ1v) is 12.1. The number of nitrogens with one attached hydrogen (secondary N) is 1. The van der Waals surface area contributed by atoms with Crippen LogP contribution < -0.4 is 5.14 Å². The van der Waals surface area contributed by atoms with Crippen LogP contribution in [0.1, 0.15) is 70.9 Å². The average Bonchev–Trinajstić information content (AvgIpc) is 3.17. The van der Waals surface area contributed by atoms with Gasteiger partial charge in [-0.05, 0) is 42.0 Å². The molecule has 2 aromatic carbocycles. The summed E-state index contributed by atoms with van der Waals surface area (Å²) in [4.78, 5) is 16.9. The molecule has 5 rings (SSSR count). The summed E-state index contributed by atoms with van der Waals surface area (Å²) in [7, 11) is -3.66. The summed E-state index contributed by atoms with van der Waals surface area (Å²) < 4.78 is 24.6. The van der Waals surface area contributed by atoms with Gasteiger partial charge in [-0.3, -0.25) is 4.79 Å². The number of nitrogens with zero attached hydrogens (tertiary/aromatic N) is 2. The molecule has 1 aliphatic carbocycles. The molecule has 0 amide bonds. The normalized spacial score (nSPS) is 18.9. The van der Waals surface area contributed by atoms with Gasteiger partial charge in [0.2, 0.25) is 0 Å². The SMILES string of the molecule is CC1(C)c2cc(C3CCN(S(N)(=O)=O)CC3)ccc2C(=O)c2c1[nH]c1cc(C#N)ccc21. The van der Waals surface area contributed by atoms with Crippen molar-refractivity contribution in [3.8, 4) is 6.07 Å². The number of hydrogen-bond acceptors (Lipinski definition) is 4. The summed E-state index contributed by atoms with van der Waals surface area (Å²) in [5, 5.41) is 15.3. The van der Waals surface area contributed by atoms with Crippen molar-refractivity contribution in [1.82, 2.24) is 9.29 Å². The molecule has 32 heavy (non-hydrogen) atoms. The highest BCUT2D eigenvalue weighted by Gasteiger charge is 2.40. The fraction of sp³-hybridized carbons (Fsp3) is 0.333. The second kappa shape index (κ2) is 7.01. The van der Waals surface area contributed by atoms with Gasteiger partial charge in [-0.15, -0.1) is 0 Å². The number of carbonyl (C=O) groups excluding carboxylic acids is 1. The summed E-state index contributed by atoms with van der Waals surface area (Å²) >= 11 is 0. The van der Waals surface area contributed by atoms with E-state index in [-0.39, 0.29) is 11.7 Å². The molecule has 7 nitrogen and oxygen atoms in total. The van der Waals surface area contributed by atoms with E-state index in [1.807, 2.05) is 18.2 Å². The Labute approximate surface area is 187 Å². The zero-order valence-corrected chi connectivity index (χ0v) is 18.8. The van der Waals surface area contributed by atoms with Crippen LogP contribution in [-0.2, 0) is 15.6 Å². The van der Waals surface area contributed by atoms with E-state index in [4.69, 9.17) is 5.14 Å². The lowest BCUT2D eigenvalue weighted by Gasteiger charge is -2.34. The minimum absolute atomic E-state index is 0.0131. The van der Waals surface area contributed by atoms with E-state index in [0.717, 1.165) is 27.7 Å². The van der Waals surface area contributed by atoms with E-state index in [2.05, 4.69) is 31.0 Å². The number of piperidine rings is 1. The van der Waals surface area contributed by atoms with E-state index in [1.165, 1.54) is 4.31 Å². The maximum absolute atomic E-state index is 13.5. The molecule has 0 saturated carbocycles. The summed E-state index contributed by atoms with van der Waals surface area (Å²) in [6.07, 6.45) is 1.39. The van der Waals surface area contributed by atoms with E-state index in [1.54, 1.807) is 12.1 Å². The maximum Gasteiger partial charge on any atom is 0.276 e. The molecule has 2 aliphatic rings. The van der Waals surface area contributed by atoms with Crippen LogP contribution in [0.5, 0.6) is 0 Å². The molecular weight excluding hydrogens is 424 g/mol. The lowest BCUT2D eigenvalue weighted by molar-refractivity contribution is 0.103. The van der Waals surface area contributed by atoms with Gasteiger partial charge >= 0.3 is 0 Å². The van der Waals surface area contributed by atoms with Gasteiger partial charge in [0.15, 0.2) is 5.78 Å². The Kier molecular flexibility index (Phi) is 4.57. The van der Waals surface area contributed by atoms with Gasteiger partial charge in [-0.1, -0.05) is 38.1 Å². The van der Waals surface area contributed by atoms with Gasteiger partial charge in [0.1, 0.15) is 0 Å². The Morgan fingerprint density at radius 2 is 1.88 bits per heavy atom. The standard InChI is InChI=1S/C24H24N4O3S/c1-24(2)19-12-16(15-7-9-28(10-8-15)32(26,30)31)4-6-17(19)22(29)21-18-5-3-14(13-25)11-20(18)27-23(21)24/h3-6,11-12,15,27H,7-10H2,1-2H3,(H2,26,30,31). The lowest BCUT2D eigenvalue weighted by Crippen LogP contribution is -2.41. The van der Waals surface area contributed by atoms with Crippen LogP contribution in [0.4, 0.5) is 0 Å². The number of ketones is 1. The highest BCUT2D eigenvalue weighted by molar-refractivity contribution is 7.86. The third-order valence-electron chi connectivity index (χ3n) is 7.03. The summed E-state index contributed by atoms with van der Waals surface area (Å²) in [5.41, 5.74) is 5.22. The molecule has 1 saturated heterocycles. The first-order chi connectivity index (χ1) is 15.1. The number of rotatable bonds is 2. The van der Waals surface area contributed by atoms with Gasteiger partial charge in [0, 0.05) is 40.7 Å². The van der Waals surface area contributed by atoms with Crippen molar-refractivity contribution < 1.29 is 13.2 Å². The topological polar surface area (TPSA) is 120 Å². The monoisotopic (exact) mass is 448 g/mol. The molecule has 0 atom stereocenters. The second-order valence-corrected chi connectivity index (χ2v) is 10.8. The molecule has 164 valence electrons. The number of aromatic nitrogens is 1. The number of benzene rings is 2. The molecular formula is C24H24N4O3S. The second-order valence-electron chi connectivity index (χ2n) is 9.22. The summed E-state index contributed by atoms with van der Waals surface area (Å²) in [6, 6.07) is 13.5. The third-order valence-corrected chi connectivity index (χ3v) is 8.11. The number of nitriles is 1. The van der Waals surface area contributed by atoms with Crippen LogP contribution >= 0.6 is 0 Å². The Morgan fingerprint density at radius 1 is 1.16 bits per heavy atom. The molecule has 0 spiro atoms. The van der Waals surface area contributed by atoms with E-state index in [9.17, 15) is 18.5 Å². The van der Waals surface area contributed by atoms with Gasteiger partial charge in [-0.25, -0.2) is 5.14 Å². The minimum Gasteiger partial charge on any atom is -0.357 e. The fourth-order valence-corrected chi connectivity index (χ4v) is 5.94. The van der Waals surface area contributed by atoms with E-state index < -0.39 is 15.6 Å². The number of hydrogen-bond donors (Lipinski definition) is 2. The molecule has 3 N–H and O–H groups in total. The quantitative estimate of drug-likeness (QED) is 0.625. The van der Waals surface area contributed by atoms with Crippen LogP contribution in [0.2, 0.25) is 0 Å². The van der Waals surface area contributed by atoms with Gasteiger partial charge in [0.05, 0.1) is 17.2 Å². The van der Waals surface area contributed by atoms with Crippen molar-refractivity contribution in [2.24, 2.45) is 5.14 Å². The number of H-pyrrole nitrogens is 1. The number of nitrogens with two attached hydrogens (primary N) is 1. The predicted molar refractivity (Wildman–Crippen MR) is 122 cm³/mol. The maximum atomic E-state index is 13.5. The van der Waals surface area contributed by atoms with Gasteiger partial charge in [0.25, 0.3) is 10.2 Å². The van der Waals surface area contributed by atoms with Gasteiger partial charge < -0.3 is 4.98 Å². The molecule has 0 bridgehead atoms. The zero-order chi connectivity index (χ0) is 22.8. The number of aromatic amines is 1. The third kappa shape index (κ3) is 3.08. The van der Waals surface area contributed by atoms with Gasteiger partial charge in [-0.2, -0.15) is 18.0 Å². The Balaban J connectivity index is 1.56. The Bertz CT molecular complexity index is 1420. The highest BCUT2D eigenvalue weighted by Crippen LogP contribution is 2.45. The molecule has 2 heterocycles. The summed E-state index contributed by atoms with van der Waals surface area (Å²) in [5.74, 6) is 0.201. The largest absolute Gasteiger partial charge is 0.357 e. The van der Waals surface area contributed by atoms with Crippen molar-refractivity contribution in [3.05, 3.63) is 69.9 Å². The van der Waals surface area contributed by atoms with Crippen LogP contribution in [0, 0.1) is 11.3 Å². The Hall–Kier alpha value is -2.99. The van der Waals surface area contributed by atoms with Crippen molar-refractivity contribution in [2.45, 2.75) is 38.0 Å². The number of carbonyl (C=O) groups is 1. The zero-order valence-electron chi connectivity index (χ0n) is 18.0. The lowest BCUT2D eigenvalue weighted by atomic mass is 9.70. The molecule has 3 aromatic rings. The van der Waals surface area contributed by atoms with Crippen LogP contribution in [0.3, 0.4) is 0 Å². The average molecular weight is 449 g/mol. The molecule has 1 fully saturated rings. The first kappa shape index (κ1) is 20.9. The van der Waals surface area contributed by atoms with E-state index in [0.29, 0.717) is 42.6 Å². The van der Waals surface area contributed by atoms with Crippen LogP contribution in [0.15, 0.2) is 36.4 Å². The van der Waals surface area contributed by atoms with Crippen molar-refractivity contribution in [2.75, 3.05) is 13.1 Å².